The summed E-state index contributed by atoms with van der Waals surface area (Å²) in [5.74, 6) is -0.391. The van der Waals surface area contributed by atoms with Crippen molar-refractivity contribution in [2.75, 3.05) is 0 Å². The average molecular weight is 428 g/mol. The lowest BCUT2D eigenvalue weighted by Crippen LogP contribution is -1.96. The van der Waals surface area contributed by atoms with E-state index < -0.39 is 11.6 Å². The van der Waals surface area contributed by atoms with Crippen LogP contribution < -0.4 is 4.74 Å². The fourth-order valence-electron chi connectivity index (χ4n) is 3.40. The van der Waals surface area contributed by atoms with Gasteiger partial charge in [0, 0.05) is 11.5 Å². The van der Waals surface area contributed by atoms with Crippen LogP contribution in [0.1, 0.15) is 11.1 Å². The maximum absolute atomic E-state index is 13.5. The highest BCUT2D eigenvalue weighted by atomic mass is 19.2. The standard InChI is InChI=1S/C25H18F2N4O/c1-15-6-8-18(12-16(15)2)32-25-5-3-4-22-19(25)9-11-23(28-22)24-14-31(30-29-24)17-7-10-20(26)21(27)13-17/h3-14H,1-2H3. The van der Waals surface area contributed by atoms with E-state index in [0.717, 1.165) is 34.3 Å². The Kier molecular flexibility index (Phi) is 4.86. The SMILES string of the molecule is Cc1ccc(Oc2cccc3nc(-c4cn(-c5ccc(F)c(F)c5)nn4)ccc23)cc1C. The Morgan fingerprint density at radius 3 is 2.50 bits per heavy atom. The molecular formula is C25H18F2N4O. The lowest BCUT2D eigenvalue weighted by Gasteiger charge is -2.10. The molecule has 2 aromatic heterocycles. The zero-order chi connectivity index (χ0) is 22.2. The van der Waals surface area contributed by atoms with Crippen LogP contribution >= 0.6 is 0 Å². The first-order chi connectivity index (χ1) is 15.5. The number of nitrogens with zero attached hydrogens (tertiary/aromatic N) is 4. The monoisotopic (exact) mass is 428 g/mol. The number of halogens is 2. The number of benzene rings is 3. The van der Waals surface area contributed by atoms with Gasteiger partial charge < -0.3 is 4.74 Å². The van der Waals surface area contributed by atoms with Gasteiger partial charge in [0.2, 0.25) is 0 Å². The van der Waals surface area contributed by atoms with E-state index in [1.807, 2.05) is 55.5 Å². The zero-order valence-electron chi connectivity index (χ0n) is 17.4. The van der Waals surface area contributed by atoms with Crippen molar-refractivity contribution in [3.05, 3.63) is 95.7 Å². The van der Waals surface area contributed by atoms with Gasteiger partial charge in [0.1, 0.15) is 17.2 Å². The summed E-state index contributed by atoms with van der Waals surface area (Å²) in [5.41, 5.74) is 4.59. The molecule has 5 rings (SSSR count). The second kappa shape index (κ2) is 7.85. The molecular weight excluding hydrogens is 410 g/mol. The number of ether oxygens (including phenoxy) is 1. The first kappa shape index (κ1) is 19.8. The molecule has 32 heavy (non-hydrogen) atoms. The quantitative estimate of drug-likeness (QED) is 0.344. The summed E-state index contributed by atoms with van der Waals surface area (Å²) in [5, 5.41) is 9.01. The number of pyridine rings is 1. The Balaban J connectivity index is 1.47. The number of hydrogen-bond donors (Lipinski definition) is 0. The molecule has 0 fully saturated rings. The van der Waals surface area contributed by atoms with Gasteiger partial charge in [-0.3, -0.25) is 0 Å². The van der Waals surface area contributed by atoms with Crippen LogP contribution in [0.25, 0.3) is 28.0 Å². The van der Waals surface area contributed by atoms with Crippen molar-refractivity contribution >= 4 is 10.9 Å². The molecule has 0 unspecified atom stereocenters. The van der Waals surface area contributed by atoms with Gasteiger partial charge in [-0.1, -0.05) is 17.3 Å². The first-order valence-electron chi connectivity index (χ1n) is 10.0. The fourth-order valence-corrected chi connectivity index (χ4v) is 3.40. The first-order valence-corrected chi connectivity index (χ1v) is 10.0. The van der Waals surface area contributed by atoms with E-state index in [0.29, 0.717) is 22.8 Å². The van der Waals surface area contributed by atoms with Crippen LogP contribution in [-0.4, -0.2) is 20.0 Å². The number of aromatic nitrogens is 4. The Morgan fingerprint density at radius 1 is 0.812 bits per heavy atom. The van der Waals surface area contributed by atoms with Crippen LogP contribution in [0.5, 0.6) is 11.5 Å². The third kappa shape index (κ3) is 3.69. The molecule has 2 heterocycles. The van der Waals surface area contributed by atoms with Gasteiger partial charge in [0.15, 0.2) is 11.6 Å². The largest absolute Gasteiger partial charge is 0.457 e. The summed E-state index contributed by atoms with van der Waals surface area (Å²) in [6, 6.07) is 19.0. The zero-order valence-corrected chi connectivity index (χ0v) is 17.4. The van der Waals surface area contributed by atoms with Gasteiger partial charge in [-0.05, 0) is 73.5 Å². The fraction of sp³-hybridized carbons (Fsp3) is 0.0800. The van der Waals surface area contributed by atoms with Gasteiger partial charge in [-0.25, -0.2) is 18.4 Å². The third-order valence-electron chi connectivity index (χ3n) is 5.32. The van der Waals surface area contributed by atoms with Crippen molar-refractivity contribution in [3.63, 3.8) is 0 Å². The topological polar surface area (TPSA) is 52.8 Å². The maximum Gasteiger partial charge on any atom is 0.160 e. The Morgan fingerprint density at radius 2 is 1.69 bits per heavy atom. The molecule has 0 bridgehead atoms. The average Bonchev–Trinajstić information content (AvgIpc) is 3.28. The molecule has 158 valence electrons. The number of hydrogen-bond acceptors (Lipinski definition) is 4. The summed E-state index contributed by atoms with van der Waals surface area (Å²) in [7, 11) is 0. The molecule has 0 amide bonds. The Labute approximate surface area is 182 Å². The van der Waals surface area contributed by atoms with E-state index in [1.165, 1.54) is 16.3 Å². The van der Waals surface area contributed by atoms with Crippen molar-refractivity contribution in [2.24, 2.45) is 0 Å². The molecule has 0 aliphatic carbocycles. The van der Waals surface area contributed by atoms with Crippen molar-refractivity contribution in [3.8, 4) is 28.6 Å². The van der Waals surface area contributed by atoms with Crippen LogP contribution in [0.15, 0.2) is 72.9 Å². The summed E-state index contributed by atoms with van der Waals surface area (Å²) < 4.78 is 34.2. The number of rotatable bonds is 4. The predicted molar refractivity (Wildman–Crippen MR) is 118 cm³/mol. The second-order valence-corrected chi connectivity index (χ2v) is 7.51. The van der Waals surface area contributed by atoms with E-state index in [9.17, 15) is 8.78 Å². The molecule has 0 aliphatic heterocycles. The highest BCUT2D eigenvalue weighted by Gasteiger charge is 2.12. The normalized spacial score (nSPS) is 11.1. The van der Waals surface area contributed by atoms with Crippen LogP contribution in [0, 0.1) is 25.5 Å². The highest BCUT2D eigenvalue weighted by molar-refractivity contribution is 5.87. The molecule has 7 heteroatoms. The van der Waals surface area contributed by atoms with Gasteiger partial charge in [0.05, 0.1) is 23.1 Å². The van der Waals surface area contributed by atoms with Crippen LogP contribution in [-0.2, 0) is 0 Å². The molecule has 0 N–H and O–H groups in total. The lowest BCUT2D eigenvalue weighted by molar-refractivity contribution is 0.487. The van der Waals surface area contributed by atoms with E-state index in [4.69, 9.17) is 4.74 Å². The van der Waals surface area contributed by atoms with E-state index in [1.54, 1.807) is 6.20 Å². The van der Waals surface area contributed by atoms with E-state index in [-0.39, 0.29) is 0 Å². The van der Waals surface area contributed by atoms with Crippen molar-refractivity contribution in [2.45, 2.75) is 13.8 Å². The predicted octanol–water partition coefficient (Wildman–Crippen LogP) is 6.17. The molecule has 0 spiro atoms. The molecule has 5 nitrogen and oxygen atoms in total. The van der Waals surface area contributed by atoms with E-state index in [2.05, 4.69) is 22.2 Å². The van der Waals surface area contributed by atoms with Crippen molar-refractivity contribution < 1.29 is 13.5 Å². The molecule has 3 aromatic carbocycles. The Bertz CT molecular complexity index is 1460. The van der Waals surface area contributed by atoms with Gasteiger partial charge in [-0.15, -0.1) is 5.10 Å². The summed E-state index contributed by atoms with van der Waals surface area (Å²) in [6.45, 7) is 4.11. The maximum atomic E-state index is 13.5. The van der Waals surface area contributed by atoms with Gasteiger partial charge in [0.25, 0.3) is 0 Å². The highest BCUT2D eigenvalue weighted by Crippen LogP contribution is 2.31. The molecule has 0 atom stereocenters. The molecule has 5 aromatic rings. The summed E-state index contributed by atoms with van der Waals surface area (Å²) in [4.78, 5) is 4.69. The summed E-state index contributed by atoms with van der Waals surface area (Å²) >= 11 is 0. The van der Waals surface area contributed by atoms with Crippen LogP contribution in [0.3, 0.4) is 0 Å². The van der Waals surface area contributed by atoms with Crippen LogP contribution in [0.4, 0.5) is 8.78 Å². The minimum atomic E-state index is -0.945. The van der Waals surface area contributed by atoms with Gasteiger partial charge >= 0.3 is 0 Å². The minimum absolute atomic E-state index is 0.368. The second-order valence-electron chi connectivity index (χ2n) is 7.51. The minimum Gasteiger partial charge on any atom is -0.457 e. The molecule has 0 saturated heterocycles. The van der Waals surface area contributed by atoms with Gasteiger partial charge in [-0.2, -0.15) is 0 Å². The van der Waals surface area contributed by atoms with Crippen molar-refractivity contribution in [1.82, 2.24) is 20.0 Å². The summed E-state index contributed by atoms with van der Waals surface area (Å²) in [6.07, 6.45) is 1.62. The molecule has 0 radical (unpaired) electrons. The lowest BCUT2D eigenvalue weighted by atomic mass is 10.1. The number of fused-ring (bicyclic) bond motifs is 1. The third-order valence-corrected chi connectivity index (χ3v) is 5.32. The van der Waals surface area contributed by atoms with Crippen LogP contribution in [0.2, 0.25) is 0 Å². The number of aryl methyl sites for hydroxylation is 2. The van der Waals surface area contributed by atoms with Crippen molar-refractivity contribution in [1.29, 1.82) is 0 Å². The molecule has 0 saturated carbocycles. The Hall–Kier alpha value is -4.13. The smallest absolute Gasteiger partial charge is 0.160 e. The molecule has 0 aliphatic rings. The van der Waals surface area contributed by atoms with E-state index >= 15 is 0 Å².